The summed E-state index contributed by atoms with van der Waals surface area (Å²) in [6.45, 7) is 4.50. The maximum absolute atomic E-state index is 11.2. The molecule has 1 saturated heterocycles. The molecule has 0 amide bonds. The van der Waals surface area contributed by atoms with Gasteiger partial charge in [0.05, 0.1) is 24.4 Å². The highest BCUT2D eigenvalue weighted by Gasteiger charge is 2.38. The van der Waals surface area contributed by atoms with Crippen molar-refractivity contribution in [1.29, 1.82) is 0 Å². The number of hydrogen-bond acceptors (Lipinski definition) is 6. The molecule has 1 aromatic carbocycles. The summed E-state index contributed by atoms with van der Waals surface area (Å²) in [5.74, 6) is 0.579. The van der Waals surface area contributed by atoms with E-state index in [1.165, 1.54) is 5.56 Å². The number of benzene rings is 1. The molecule has 4 rings (SSSR count). The van der Waals surface area contributed by atoms with Crippen molar-refractivity contribution < 1.29 is 14.9 Å². The normalized spacial score (nSPS) is 25.7. The lowest BCUT2D eigenvalue weighted by Crippen LogP contribution is -2.48. The van der Waals surface area contributed by atoms with Crippen molar-refractivity contribution in [3.8, 4) is 0 Å². The first-order valence-corrected chi connectivity index (χ1v) is 11.8. The Kier molecular flexibility index (Phi) is 7.14. The Hall–Kier alpha value is -2.71. The van der Waals surface area contributed by atoms with Crippen LogP contribution in [-0.4, -0.2) is 46.5 Å². The lowest BCUT2D eigenvalue weighted by atomic mass is 9.83. The summed E-state index contributed by atoms with van der Waals surface area (Å²) in [6, 6.07) is 13.9. The van der Waals surface area contributed by atoms with Crippen LogP contribution in [0.3, 0.4) is 0 Å². The number of rotatable bonds is 8. The molecule has 1 aliphatic heterocycles. The van der Waals surface area contributed by atoms with Crippen LogP contribution in [0.4, 0.5) is 5.69 Å². The number of hydrazine groups is 1. The van der Waals surface area contributed by atoms with Crippen LogP contribution in [0.15, 0.2) is 48.7 Å². The molecule has 8 nitrogen and oxygen atoms in total. The second-order valence-corrected chi connectivity index (χ2v) is 9.72. The summed E-state index contributed by atoms with van der Waals surface area (Å²) in [4.78, 5) is 17.6. The number of nitrogens with one attached hydrogen (secondary N) is 1. The first-order chi connectivity index (χ1) is 15.8. The molecule has 1 aromatic heterocycles. The maximum Gasteiger partial charge on any atom is 0.157 e. The zero-order valence-corrected chi connectivity index (χ0v) is 19.4. The minimum atomic E-state index is -1.06. The van der Waals surface area contributed by atoms with E-state index >= 15 is 0 Å². The fraction of sp³-hybridized carbons (Fsp3) is 0.560. The van der Waals surface area contributed by atoms with Crippen LogP contribution in [0.25, 0.3) is 0 Å². The molecule has 33 heavy (non-hydrogen) atoms. The zero-order chi connectivity index (χ0) is 23.4. The van der Waals surface area contributed by atoms with Gasteiger partial charge in [0.15, 0.2) is 5.03 Å². The van der Waals surface area contributed by atoms with Crippen molar-refractivity contribution in [1.82, 2.24) is 10.4 Å². The summed E-state index contributed by atoms with van der Waals surface area (Å²) < 4.78 is 6.34. The molecular weight excluding hydrogens is 420 g/mol. The van der Waals surface area contributed by atoms with E-state index in [9.17, 15) is 15.2 Å². The molecule has 178 valence electrons. The summed E-state index contributed by atoms with van der Waals surface area (Å²) in [7, 11) is 0. The fourth-order valence-corrected chi connectivity index (χ4v) is 5.12. The third-order valence-corrected chi connectivity index (χ3v) is 6.97. The predicted octanol–water partition coefficient (Wildman–Crippen LogP) is 3.78. The van der Waals surface area contributed by atoms with Gasteiger partial charge >= 0.3 is 0 Å². The molecule has 2 unspecified atom stereocenters. The van der Waals surface area contributed by atoms with E-state index in [0.717, 1.165) is 31.4 Å². The average Bonchev–Trinajstić information content (AvgIpc) is 3.20. The van der Waals surface area contributed by atoms with Gasteiger partial charge in [-0.05, 0) is 69.6 Å². The highest BCUT2D eigenvalue weighted by molar-refractivity contribution is 5.50. The number of nitrogens with zero attached hydrogens (tertiary/aromatic N) is 3. The summed E-state index contributed by atoms with van der Waals surface area (Å²) >= 11 is 0. The third-order valence-electron chi connectivity index (χ3n) is 6.97. The van der Waals surface area contributed by atoms with E-state index in [0.29, 0.717) is 31.2 Å². The number of hydrogen-bond donors (Lipinski definition) is 2. The number of ether oxygens (including phenoxy) is 1. The minimum absolute atomic E-state index is 0.167. The van der Waals surface area contributed by atoms with E-state index < -0.39 is 10.6 Å². The van der Waals surface area contributed by atoms with Crippen LogP contribution in [0, 0.1) is 10.1 Å². The van der Waals surface area contributed by atoms with Gasteiger partial charge in [-0.3, -0.25) is 4.98 Å². The Labute approximate surface area is 195 Å². The van der Waals surface area contributed by atoms with Gasteiger partial charge in [0.1, 0.15) is 11.6 Å². The van der Waals surface area contributed by atoms with Crippen molar-refractivity contribution >= 4 is 5.69 Å². The second-order valence-electron chi connectivity index (χ2n) is 9.72. The van der Waals surface area contributed by atoms with E-state index in [2.05, 4.69) is 39.6 Å². The molecular formula is C25H34N4O4. The van der Waals surface area contributed by atoms with Crippen molar-refractivity contribution in [3.63, 3.8) is 0 Å². The second kappa shape index (κ2) is 10.1. The van der Waals surface area contributed by atoms with Crippen molar-refractivity contribution in [2.75, 3.05) is 18.1 Å². The van der Waals surface area contributed by atoms with Gasteiger partial charge in [-0.25, -0.2) is 10.1 Å². The van der Waals surface area contributed by atoms with Gasteiger partial charge in [0.2, 0.25) is 0 Å². The Morgan fingerprint density at radius 2 is 1.91 bits per heavy atom. The third kappa shape index (κ3) is 5.81. The number of pyridine rings is 1. The molecule has 1 aliphatic carbocycles. The molecule has 2 atom stereocenters. The number of aliphatic hydroxyl groups is 1. The van der Waals surface area contributed by atoms with Crippen LogP contribution < -0.4 is 10.3 Å². The molecule has 0 bridgehead atoms. The van der Waals surface area contributed by atoms with E-state index in [1.54, 1.807) is 20.0 Å². The molecule has 2 fully saturated rings. The highest BCUT2D eigenvalue weighted by atomic mass is 16.7. The fourth-order valence-electron chi connectivity index (χ4n) is 5.12. The monoisotopic (exact) mass is 454 g/mol. The number of aromatic nitrogens is 1. The lowest BCUT2D eigenvalue weighted by Gasteiger charge is -2.33. The molecule has 8 heteroatoms. The topological polar surface area (TPSA) is 101 Å². The Bertz CT molecular complexity index is 926. The van der Waals surface area contributed by atoms with Gasteiger partial charge in [0.25, 0.3) is 0 Å². The molecule has 2 aromatic rings. The number of nitro groups is 1. The van der Waals surface area contributed by atoms with Crippen LogP contribution in [0.5, 0.6) is 0 Å². The Morgan fingerprint density at radius 3 is 2.58 bits per heavy atom. The molecule has 2 aliphatic rings. The van der Waals surface area contributed by atoms with Crippen LogP contribution in [-0.2, 0) is 10.3 Å². The molecule has 0 radical (unpaired) electrons. The van der Waals surface area contributed by atoms with Crippen LogP contribution in [0.2, 0.25) is 0 Å². The average molecular weight is 455 g/mol. The maximum atomic E-state index is 11.2. The summed E-state index contributed by atoms with van der Waals surface area (Å²) in [6.07, 6.45) is 6.69. The minimum Gasteiger partial charge on any atom is -0.384 e. The van der Waals surface area contributed by atoms with Gasteiger partial charge in [0, 0.05) is 18.4 Å². The van der Waals surface area contributed by atoms with Crippen LogP contribution in [0.1, 0.15) is 63.1 Å². The Balaban J connectivity index is 1.41. The van der Waals surface area contributed by atoms with E-state index in [-0.39, 0.29) is 18.2 Å². The van der Waals surface area contributed by atoms with E-state index in [1.807, 2.05) is 18.2 Å². The standard InChI is InChI=1S/C25H34N4O4/c1-25(2,30)24-16-20(12-14-26-24)28-15-13-22(27-29(31)32)23(28)17-33-21-10-8-19(9-11-21)18-6-4-3-5-7-18/h3-7,12,14,16,19,21-23,27,30H,8-11,13,15,17H2,1-2H3. The van der Waals surface area contributed by atoms with E-state index in [4.69, 9.17) is 4.74 Å². The molecule has 2 N–H and O–H groups in total. The smallest absolute Gasteiger partial charge is 0.157 e. The first kappa shape index (κ1) is 23.4. The zero-order valence-electron chi connectivity index (χ0n) is 19.4. The summed E-state index contributed by atoms with van der Waals surface area (Å²) in [5, 5.41) is 21.1. The van der Waals surface area contributed by atoms with Crippen molar-refractivity contribution in [3.05, 3.63) is 70.0 Å². The van der Waals surface area contributed by atoms with Crippen LogP contribution >= 0.6 is 0 Å². The summed E-state index contributed by atoms with van der Waals surface area (Å²) in [5.41, 5.74) is 4.30. The highest BCUT2D eigenvalue weighted by Crippen LogP contribution is 2.35. The largest absolute Gasteiger partial charge is 0.384 e. The Morgan fingerprint density at radius 1 is 1.18 bits per heavy atom. The van der Waals surface area contributed by atoms with Gasteiger partial charge in [-0.2, -0.15) is 0 Å². The van der Waals surface area contributed by atoms with Gasteiger partial charge in [-0.15, -0.1) is 5.43 Å². The molecule has 0 spiro atoms. The number of anilines is 1. The quantitative estimate of drug-likeness (QED) is 0.462. The first-order valence-electron chi connectivity index (χ1n) is 11.8. The predicted molar refractivity (Wildman–Crippen MR) is 127 cm³/mol. The SMILES string of the molecule is CC(C)(O)c1cc(N2CCC(N[N+](=O)[O-])C2COC2CCC(c3ccccc3)CC2)ccn1. The molecule has 2 heterocycles. The van der Waals surface area contributed by atoms with Crippen molar-refractivity contribution in [2.24, 2.45) is 0 Å². The van der Waals surface area contributed by atoms with Crippen molar-refractivity contribution in [2.45, 2.75) is 75.7 Å². The lowest BCUT2D eigenvalue weighted by molar-refractivity contribution is -0.551. The van der Waals surface area contributed by atoms with Gasteiger partial charge < -0.3 is 14.7 Å². The van der Waals surface area contributed by atoms with Gasteiger partial charge in [-0.1, -0.05) is 30.3 Å². The molecule has 1 saturated carbocycles.